The topological polar surface area (TPSA) is 99.7 Å². The molecule has 35 heavy (non-hydrogen) atoms. The summed E-state index contributed by atoms with van der Waals surface area (Å²) in [6.45, 7) is 4.37. The minimum atomic E-state index is 0. The molecule has 2 unspecified atom stereocenters. The molecule has 1 aliphatic carbocycles. The van der Waals surface area contributed by atoms with Crippen molar-refractivity contribution in [3.8, 4) is 0 Å². The van der Waals surface area contributed by atoms with Crippen LogP contribution >= 0.6 is 36.4 Å². The number of nitrogens with two attached hydrogens (primary N) is 1. The number of hydrogen-bond acceptors (Lipinski definition) is 4. The molecule has 2 atom stereocenters. The molecule has 2 aromatic carbocycles. The second kappa shape index (κ2) is 13.0. The Morgan fingerprint density at radius 3 is 2.37 bits per heavy atom. The molecule has 5 N–H and O–H groups in total. The number of rotatable bonds is 6. The Labute approximate surface area is 224 Å². The zero-order valence-electron chi connectivity index (χ0n) is 19.9. The number of fused-ring (bicyclic) bond motifs is 1. The number of aromatic nitrogens is 2. The van der Waals surface area contributed by atoms with E-state index in [1.165, 1.54) is 5.56 Å². The molecule has 0 radical (unpaired) electrons. The second-order valence-corrected chi connectivity index (χ2v) is 9.38. The van der Waals surface area contributed by atoms with Gasteiger partial charge in [0.15, 0.2) is 11.8 Å². The number of hydrogen-bond donors (Lipinski definition) is 4. The summed E-state index contributed by atoms with van der Waals surface area (Å²) in [6.07, 6.45) is 8.15. The minimum absolute atomic E-state index is 0. The molecule has 1 fully saturated rings. The highest BCUT2D eigenvalue weighted by atomic mass is 35.5. The zero-order valence-corrected chi connectivity index (χ0v) is 22.3. The van der Waals surface area contributed by atoms with E-state index in [-0.39, 0.29) is 42.9 Å². The predicted molar refractivity (Wildman–Crippen MR) is 153 cm³/mol. The van der Waals surface area contributed by atoms with E-state index in [9.17, 15) is 0 Å². The van der Waals surface area contributed by atoms with Crippen LogP contribution in [0.4, 0.5) is 5.82 Å². The van der Waals surface area contributed by atoms with E-state index < -0.39 is 0 Å². The van der Waals surface area contributed by atoms with Crippen molar-refractivity contribution in [2.24, 2.45) is 5.73 Å². The van der Waals surface area contributed by atoms with E-state index >= 15 is 0 Å². The zero-order chi connectivity index (χ0) is 23.4. The maximum absolute atomic E-state index is 7.69. The second-order valence-electron chi connectivity index (χ2n) is 8.95. The van der Waals surface area contributed by atoms with Gasteiger partial charge in [0.2, 0.25) is 0 Å². The van der Waals surface area contributed by atoms with Crippen molar-refractivity contribution in [1.82, 2.24) is 15.3 Å². The van der Waals surface area contributed by atoms with E-state index in [4.69, 9.17) is 32.7 Å². The van der Waals surface area contributed by atoms with E-state index in [0.29, 0.717) is 16.8 Å². The van der Waals surface area contributed by atoms with Gasteiger partial charge in [0.05, 0.1) is 5.52 Å². The smallest absolute Gasteiger partial charge is 0.185 e. The third-order valence-electron chi connectivity index (χ3n) is 6.13. The molecule has 4 rings (SSSR count). The fourth-order valence-corrected chi connectivity index (χ4v) is 4.43. The number of benzene rings is 2. The average molecular weight is 536 g/mol. The highest BCUT2D eigenvalue weighted by Gasteiger charge is 2.26. The van der Waals surface area contributed by atoms with Gasteiger partial charge in [-0.3, -0.25) is 5.41 Å². The van der Waals surface area contributed by atoms with E-state index in [1.807, 2.05) is 36.4 Å². The highest BCUT2D eigenvalue weighted by Crippen LogP contribution is 2.29. The van der Waals surface area contributed by atoms with Crippen molar-refractivity contribution < 1.29 is 0 Å². The molecule has 1 aliphatic rings. The summed E-state index contributed by atoms with van der Waals surface area (Å²) in [7, 11) is 0. The lowest BCUT2D eigenvalue weighted by Gasteiger charge is -2.33. The summed E-state index contributed by atoms with van der Waals surface area (Å²) in [5.41, 5.74) is 8.84. The standard InChI is InChI=1S/C26H31ClN6.2ClH/c1-16(2)18-10-13-21-20(15-18)25(31-22-5-3-4-6-23(22)32-26(28)29)33-24(30-21)14-9-17-7-11-19(27)12-8-17;;/h7-16,22-23H,3-6H2,1-2H3,(H4,28,29,32)(H,30,31,33);2*1H/b14-9-;;. The third-order valence-corrected chi connectivity index (χ3v) is 6.38. The lowest BCUT2D eigenvalue weighted by Crippen LogP contribution is -2.50. The van der Waals surface area contributed by atoms with Crippen LogP contribution in [0.1, 0.15) is 62.4 Å². The molecule has 0 bridgehead atoms. The summed E-state index contributed by atoms with van der Waals surface area (Å²) in [6, 6.07) is 14.3. The molecule has 188 valence electrons. The molecule has 3 aromatic rings. The van der Waals surface area contributed by atoms with Crippen molar-refractivity contribution >= 4 is 71.2 Å². The Kier molecular flexibility index (Phi) is 10.6. The Balaban J connectivity index is 0.00000216. The first-order chi connectivity index (χ1) is 15.9. The van der Waals surface area contributed by atoms with Gasteiger partial charge in [-0.2, -0.15) is 0 Å². The molecule has 9 heteroatoms. The van der Waals surface area contributed by atoms with Crippen molar-refractivity contribution in [1.29, 1.82) is 5.41 Å². The Hall–Kier alpha value is -2.54. The van der Waals surface area contributed by atoms with Gasteiger partial charge in [0.25, 0.3) is 0 Å². The molecule has 0 aliphatic heterocycles. The molecule has 0 amide bonds. The van der Waals surface area contributed by atoms with Crippen LogP contribution in [0.5, 0.6) is 0 Å². The van der Waals surface area contributed by atoms with Crippen LogP contribution in [-0.4, -0.2) is 28.0 Å². The van der Waals surface area contributed by atoms with Crippen LogP contribution in [-0.2, 0) is 0 Å². The van der Waals surface area contributed by atoms with Crippen molar-refractivity contribution in [3.63, 3.8) is 0 Å². The van der Waals surface area contributed by atoms with Gasteiger partial charge in [-0.1, -0.05) is 62.6 Å². The van der Waals surface area contributed by atoms with Gasteiger partial charge in [-0.15, -0.1) is 24.8 Å². The summed E-state index contributed by atoms with van der Waals surface area (Å²) in [5.74, 6) is 1.88. The van der Waals surface area contributed by atoms with Gasteiger partial charge < -0.3 is 16.4 Å². The SMILES string of the molecule is CC(C)c1ccc2nc(/C=C\c3ccc(Cl)cc3)nc(NC3CCCCC3NC(=N)N)c2c1.Cl.Cl. The number of guanidine groups is 1. The minimum Gasteiger partial charge on any atom is -0.370 e. The lowest BCUT2D eigenvalue weighted by molar-refractivity contribution is 0.377. The van der Waals surface area contributed by atoms with Crippen molar-refractivity contribution in [2.75, 3.05) is 5.32 Å². The van der Waals surface area contributed by atoms with Gasteiger partial charge >= 0.3 is 0 Å². The largest absolute Gasteiger partial charge is 0.370 e. The quantitative estimate of drug-likeness (QED) is 0.210. The fourth-order valence-electron chi connectivity index (χ4n) is 4.30. The molecular weight excluding hydrogens is 503 g/mol. The predicted octanol–water partition coefficient (Wildman–Crippen LogP) is 6.63. The lowest BCUT2D eigenvalue weighted by atomic mass is 9.90. The summed E-state index contributed by atoms with van der Waals surface area (Å²) in [4.78, 5) is 9.69. The molecule has 1 heterocycles. The molecule has 0 spiro atoms. The van der Waals surface area contributed by atoms with Crippen LogP contribution in [0.3, 0.4) is 0 Å². The van der Waals surface area contributed by atoms with Crippen LogP contribution in [0.25, 0.3) is 23.1 Å². The number of anilines is 1. The fraction of sp³-hybridized carbons (Fsp3) is 0.346. The van der Waals surface area contributed by atoms with E-state index in [2.05, 4.69) is 42.7 Å². The van der Waals surface area contributed by atoms with E-state index in [0.717, 1.165) is 48.0 Å². The molecule has 1 saturated carbocycles. The highest BCUT2D eigenvalue weighted by molar-refractivity contribution is 6.30. The molecule has 1 aromatic heterocycles. The van der Waals surface area contributed by atoms with Crippen molar-refractivity contribution in [3.05, 3.63) is 64.4 Å². The first-order valence-electron chi connectivity index (χ1n) is 11.5. The first kappa shape index (κ1) is 28.7. The molecule has 0 saturated heterocycles. The van der Waals surface area contributed by atoms with Gasteiger partial charge in [0, 0.05) is 22.5 Å². The van der Waals surface area contributed by atoms with Crippen LogP contribution in [0, 0.1) is 5.41 Å². The Morgan fingerprint density at radius 1 is 1.03 bits per heavy atom. The maximum Gasteiger partial charge on any atom is 0.185 e. The average Bonchev–Trinajstić information content (AvgIpc) is 2.79. The Bertz CT molecular complexity index is 1160. The Morgan fingerprint density at radius 2 is 1.71 bits per heavy atom. The monoisotopic (exact) mass is 534 g/mol. The number of nitrogens with zero attached hydrogens (tertiary/aromatic N) is 2. The van der Waals surface area contributed by atoms with Gasteiger partial charge in [-0.05, 0) is 60.2 Å². The van der Waals surface area contributed by atoms with Gasteiger partial charge in [-0.25, -0.2) is 9.97 Å². The van der Waals surface area contributed by atoms with Crippen LogP contribution in [0.15, 0.2) is 42.5 Å². The van der Waals surface area contributed by atoms with Gasteiger partial charge in [0.1, 0.15) is 5.82 Å². The van der Waals surface area contributed by atoms with Crippen LogP contribution < -0.4 is 16.4 Å². The van der Waals surface area contributed by atoms with E-state index in [1.54, 1.807) is 0 Å². The number of halogens is 3. The molecular formula is C26H33Cl3N6. The summed E-state index contributed by atoms with van der Waals surface area (Å²) >= 11 is 6.00. The number of nitrogens with one attached hydrogen (secondary N) is 3. The first-order valence-corrected chi connectivity index (χ1v) is 11.9. The van der Waals surface area contributed by atoms with Crippen molar-refractivity contribution in [2.45, 2.75) is 57.5 Å². The molecule has 6 nitrogen and oxygen atoms in total. The maximum atomic E-state index is 7.69. The normalized spacial score (nSPS) is 17.6. The van der Waals surface area contributed by atoms with Crippen LogP contribution in [0.2, 0.25) is 5.02 Å². The third kappa shape index (κ3) is 7.47. The summed E-state index contributed by atoms with van der Waals surface area (Å²) in [5, 5.41) is 16.2. The summed E-state index contributed by atoms with van der Waals surface area (Å²) < 4.78 is 0.